The highest BCUT2D eigenvalue weighted by Crippen LogP contribution is 2.43. The average Bonchev–Trinajstić information content (AvgIpc) is 2.69. The maximum Gasteiger partial charge on any atom is 0.253 e. The molecule has 0 bridgehead atoms. The van der Waals surface area contributed by atoms with E-state index in [1.165, 1.54) is 32.4 Å². The first-order valence-corrected chi connectivity index (χ1v) is 6.52. The van der Waals surface area contributed by atoms with Crippen molar-refractivity contribution < 1.29 is 19.4 Å². The minimum Gasteiger partial charge on any atom is -0.495 e. The molecule has 2 rings (SSSR count). The first-order valence-electron chi connectivity index (χ1n) is 6.52. The van der Waals surface area contributed by atoms with E-state index in [9.17, 15) is 9.90 Å². The van der Waals surface area contributed by atoms with Crippen molar-refractivity contribution in [1.82, 2.24) is 0 Å². The van der Waals surface area contributed by atoms with E-state index < -0.39 is 11.6 Å². The number of ether oxygens (including phenoxy) is 2. The van der Waals surface area contributed by atoms with Crippen LogP contribution in [0.1, 0.15) is 13.3 Å². The number of carbonyl (C=O) groups excluding carboxylic acids is 1. The molecule has 0 aromatic heterocycles. The molecule has 7 nitrogen and oxygen atoms in total. The van der Waals surface area contributed by atoms with Crippen LogP contribution in [0.25, 0.3) is 0 Å². The van der Waals surface area contributed by atoms with Crippen molar-refractivity contribution in [3.63, 3.8) is 0 Å². The van der Waals surface area contributed by atoms with Gasteiger partial charge in [0.25, 0.3) is 5.91 Å². The van der Waals surface area contributed by atoms with Gasteiger partial charge in [0.05, 0.1) is 38.1 Å². The Balaban J connectivity index is 2.64. The lowest BCUT2D eigenvalue weighted by Crippen LogP contribution is -2.48. The monoisotopic (exact) mass is 303 g/mol. The Morgan fingerprint density at radius 2 is 2.00 bits per heavy atom. The maximum absolute atomic E-state index is 12.3. The number of carbonyl (C=O) groups is 1. The molecule has 1 heterocycles. The fourth-order valence-electron chi connectivity index (χ4n) is 2.45. The van der Waals surface area contributed by atoms with Gasteiger partial charge in [-0.1, -0.05) is 0 Å². The highest BCUT2D eigenvalue weighted by Gasteiger charge is 2.46. The lowest BCUT2D eigenvalue weighted by Gasteiger charge is -2.34. The van der Waals surface area contributed by atoms with Crippen LogP contribution in [0, 0.1) is 11.3 Å². The molecule has 1 atom stereocenters. The summed E-state index contributed by atoms with van der Waals surface area (Å²) in [5.41, 5.74) is 5.11. The molecule has 1 unspecified atom stereocenters. The standard InChI is InChI=1S/C15H17N3O4/c1-9-6-14(19)18(15(9,20)4-5-16)11-8-12(21-2)10(17)7-13(11)22-3/h6-8,20H,4,17H2,1-3H3. The van der Waals surface area contributed by atoms with Crippen molar-refractivity contribution in [3.8, 4) is 17.6 Å². The van der Waals surface area contributed by atoms with Crippen LogP contribution in [-0.4, -0.2) is 31.0 Å². The molecule has 0 saturated carbocycles. The van der Waals surface area contributed by atoms with Crippen molar-refractivity contribution in [2.75, 3.05) is 24.9 Å². The van der Waals surface area contributed by atoms with Gasteiger partial charge < -0.3 is 20.3 Å². The number of amides is 1. The predicted octanol–water partition coefficient (Wildman–Crippen LogP) is 1.18. The molecule has 1 aromatic rings. The predicted molar refractivity (Wildman–Crippen MR) is 80.4 cm³/mol. The number of hydrogen-bond acceptors (Lipinski definition) is 6. The Labute approximate surface area is 128 Å². The molecule has 1 aliphatic rings. The summed E-state index contributed by atoms with van der Waals surface area (Å²) in [6.45, 7) is 1.59. The van der Waals surface area contributed by atoms with Crippen LogP contribution in [0.5, 0.6) is 11.5 Å². The van der Waals surface area contributed by atoms with Crippen LogP contribution < -0.4 is 20.1 Å². The minimum absolute atomic E-state index is 0.267. The van der Waals surface area contributed by atoms with Crippen molar-refractivity contribution in [2.45, 2.75) is 19.1 Å². The highest BCUT2D eigenvalue weighted by molar-refractivity contribution is 6.08. The zero-order valence-electron chi connectivity index (χ0n) is 12.6. The van der Waals surface area contributed by atoms with Crippen LogP contribution in [0.3, 0.4) is 0 Å². The van der Waals surface area contributed by atoms with E-state index in [2.05, 4.69) is 0 Å². The molecule has 0 aliphatic carbocycles. The zero-order chi connectivity index (χ0) is 16.5. The van der Waals surface area contributed by atoms with Crippen LogP contribution >= 0.6 is 0 Å². The summed E-state index contributed by atoms with van der Waals surface area (Å²) in [6.07, 6.45) is 1.02. The number of nitrogens with two attached hydrogens (primary N) is 1. The molecule has 1 aromatic carbocycles. The second-order valence-corrected chi connectivity index (χ2v) is 4.92. The summed E-state index contributed by atoms with van der Waals surface area (Å²) in [5, 5.41) is 19.8. The third-order valence-corrected chi connectivity index (χ3v) is 3.66. The molecular formula is C15H17N3O4. The van der Waals surface area contributed by atoms with E-state index in [-0.39, 0.29) is 12.1 Å². The zero-order valence-corrected chi connectivity index (χ0v) is 12.6. The van der Waals surface area contributed by atoms with E-state index >= 15 is 0 Å². The molecule has 7 heteroatoms. The van der Waals surface area contributed by atoms with Crippen molar-refractivity contribution >= 4 is 17.3 Å². The molecule has 0 fully saturated rings. The number of anilines is 2. The number of hydrogen-bond donors (Lipinski definition) is 2. The topological polar surface area (TPSA) is 109 Å². The SMILES string of the molecule is COc1cc(N2C(=O)C=C(C)C2(O)CC#N)c(OC)cc1N. The molecule has 116 valence electrons. The van der Waals surface area contributed by atoms with Crippen LogP contribution in [0.4, 0.5) is 11.4 Å². The third-order valence-electron chi connectivity index (χ3n) is 3.66. The van der Waals surface area contributed by atoms with Crippen LogP contribution in [-0.2, 0) is 4.79 Å². The van der Waals surface area contributed by atoms with Gasteiger partial charge in [-0.15, -0.1) is 0 Å². The number of nitriles is 1. The van der Waals surface area contributed by atoms with Crippen LogP contribution in [0.15, 0.2) is 23.8 Å². The summed E-state index contributed by atoms with van der Waals surface area (Å²) in [6, 6.07) is 4.90. The highest BCUT2D eigenvalue weighted by atomic mass is 16.5. The van der Waals surface area contributed by atoms with Gasteiger partial charge in [-0.05, 0) is 12.5 Å². The van der Waals surface area contributed by atoms with E-state index in [1.54, 1.807) is 6.92 Å². The first kappa shape index (κ1) is 15.7. The maximum atomic E-state index is 12.3. The quantitative estimate of drug-likeness (QED) is 0.808. The number of benzene rings is 1. The summed E-state index contributed by atoms with van der Waals surface area (Å²) < 4.78 is 10.4. The van der Waals surface area contributed by atoms with Gasteiger partial charge in [-0.25, -0.2) is 0 Å². The first-order chi connectivity index (χ1) is 10.4. The van der Waals surface area contributed by atoms with E-state index in [0.29, 0.717) is 22.8 Å². The summed E-state index contributed by atoms with van der Waals surface area (Å²) >= 11 is 0. The van der Waals surface area contributed by atoms with Gasteiger partial charge in [0.2, 0.25) is 0 Å². The fourth-order valence-corrected chi connectivity index (χ4v) is 2.45. The smallest absolute Gasteiger partial charge is 0.253 e. The molecule has 1 amide bonds. The average molecular weight is 303 g/mol. The Morgan fingerprint density at radius 3 is 2.55 bits per heavy atom. The molecule has 0 spiro atoms. The lowest BCUT2D eigenvalue weighted by atomic mass is 10.0. The fraction of sp³-hybridized carbons (Fsp3) is 0.333. The van der Waals surface area contributed by atoms with E-state index in [4.69, 9.17) is 20.5 Å². The van der Waals surface area contributed by atoms with Gasteiger partial charge in [0.15, 0.2) is 5.72 Å². The number of nitrogen functional groups attached to an aromatic ring is 1. The minimum atomic E-state index is -1.72. The molecule has 3 N–H and O–H groups in total. The Hall–Kier alpha value is -2.72. The summed E-state index contributed by atoms with van der Waals surface area (Å²) in [5.74, 6) is 0.193. The van der Waals surface area contributed by atoms with Crippen molar-refractivity contribution in [1.29, 1.82) is 5.26 Å². The second-order valence-electron chi connectivity index (χ2n) is 4.92. The molecular weight excluding hydrogens is 286 g/mol. The van der Waals surface area contributed by atoms with Gasteiger partial charge in [0.1, 0.15) is 11.5 Å². The molecule has 22 heavy (non-hydrogen) atoms. The summed E-state index contributed by atoms with van der Waals surface area (Å²) in [4.78, 5) is 13.4. The van der Waals surface area contributed by atoms with Gasteiger partial charge in [-0.3, -0.25) is 9.69 Å². The lowest BCUT2D eigenvalue weighted by molar-refractivity contribution is -0.116. The van der Waals surface area contributed by atoms with Crippen LogP contribution in [0.2, 0.25) is 0 Å². The van der Waals surface area contributed by atoms with Crippen molar-refractivity contribution in [2.24, 2.45) is 0 Å². The Bertz CT molecular complexity index is 693. The Kier molecular flexibility index (Phi) is 3.97. The normalized spacial score (nSPS) is 20.6. The molecule has 0 saturated heterocycles. The van der Waals surface area contributed by atoms with E-state index in [0.717, 1.165) is 4.90 Å². The van der Waals surface area contributed by atoms with Gasteiger partial charge >= 0.3 is 0 Å². The number of rotatable bonds is 4. The van der Waals surface area contributed by atoms with Gasteiger partial charge in [-0.2, -0.15) is 5.26 Å². The number of methoxy groups -OCH3 is 2. The van der Waals surface area contributed by atoms with E-state index in [1.807, 2.05) is 6.07 Å². The molecule has 0 radical (unpaired) electrons. The summed E-state index contributed by atoms with van der Waals surface area (Å²) in [7, 11) is 2.87. The second kappa shape index (κ2) is 5.58. The number of aliphatic hydroxyl groups is 1. The van der Waals surface area contributed by atoms with Crippen molar-refractivity contribution in [3.05, 3.63) is 23.8 Å². The number of nitrogens with zero attached hydrogens (tertiary/aromatic N) is 2. The largest absolute Gasteiger partial charge is 0.495 e. The van der Waals surface area contributed by atoms with Gasteiger partial charge in [0, 0.05) is 18.2 Å². The Morgan fingerprint density at radius 1 is 1.36 bits per heavy atom. The molecule has 1 aliphatic heterocycles. The third kappa shape index (κ3) is 2.23.